The fourth-order valence-electron chi connectivity index (χ4n) is 3.38. The second-order valence-corrected chi connectivity index (χ2v) is 6.84. The van der Waals surface area contributed by atoms with Crippen molar-refractivity contribution < 1.29 is 33.0 Å². The van der Waals surface area contributed by atoms with Crippen molar-refractivity contribution in [2.24, 2.45) is 5.92 Å². The number of carboxylic acids is 1. The minimum absolute atomic E-state index is 0.0253. The molecule has 148 valence electrons. The van der Waals surface area contributed by atoms with Crippen molar-refractivity contribution in [2.45, 2.75) is 32.1 Å². The maximum Gasteiger partial charge on any atom is 0.416 e. The summed E-state index contributed by atoms with van der Waals surface area (Å²) < 4.78 is 38.2. The van der Waals surface area contributed by atoms with Crippen molar-refractivity contribution in [3.05, 3.63) is 64.7 Å². The molecule has 28 heavy (non-hydrogen) atoms. The third kappa shape index (κ3) is 4.44. The monoisotopic (exact) mass is 393 g/mol. The Kier molecular flexibility index (Phi) is 5.31. The fourth-order valence-corrected chi connectivity index (χ4v) is 3.38. The Bertz CT molecular complexity index is 893. The number of hydrogen-bond acceptors (Lipinski definition) is 3. The SMILES string of the molecule is O=C(O)CC1Cc2ccc(O)cc2CN(Cc2ccc(C(F)(F)F)cc2)C1=O. The van der Waals surface area contributed by atoms with Gasteiger partial charge in [0, 0.05) is 13.1 Å². The molecule has 3 rings (SSSR count). The van der Waals surface area contributed by atoms with Gasteiger partial charge in [0.25, 0.3) is 0 Å². The van der Waals surface area contributed by atoms with Crippen LogP contribution in [-0.4, -0.2) is 27.0 Å². The number of carboxylic acid groups (broad SMARTS) is 1. The van der Waals surface area contributed by atoms with Gasteiger partial charge < -0.3 is 15.1 Å². The predicted octanol–water partition coefficient (Wildman–Crippen LogP) is 3.59. The molecule has 1 amide bonds. The van der Waals surface area contributed by atoms with E-state index in [9.17, 15) is 27.9 Å². The summed E-state index contributed by atoms with van der Waals surface area (Å²) in [6.45, 7) is 0.182. The maximum absolute atomic E-state index is 12.9. The van der Waals surface area contributed by atoms with Crippen LogP contribution in [0.25, 0.3) is 0 Å². The Morgan fingerprint density at radius 1 is 1.11 bits per heavy atom. The van der Waals surface area contributed by atoms with Gasteiger partial charge in [-0.05, 0) is 47.4 Å². The van der Waals surface area contributed by atoms with Crippen LogP contribution in [0, 0.1) is 5.92 Å². The summed E-state index contributed by atoms with van der Waals surface area (Å²) in [5.74, 6) is -2.23. The van der Waals surface area contributed by atoms with E-state index in [0.717, 1.165) is 17.7 Å². The number of aliphatic carboxylic acids is 1. The number of amides is 1. The van der Waals surface area contributed by atoms with Gasteiger partial charge >= 0.3 is 12.1 Å². The first-order valence-electron chi connectivity index (χ1n) is 8.61. The molecule has 2 N–H and O–H groups in total. The fraction of sp³-hybridized carbons (Fsp3) is 0.300. The molecule has 0 aliphatic carbocycles. The molecule has 0 aromatic heterocycles. The molecule has 0 bridgehead atoms. The molecule has 2 aromatic carbocycles. The molecule has 2 aromatic rings. The maximum atomic E-state index is 12.9. The van der Waals surface area contributed by atoms with E-state index < -0.39 is 23.6 Å². The van der Waals surface area contributed by atoms with E-state index >= 15 is 0 Å². The molecule has 1 heterocycles. The third-order valence-corrected chi connectivity index (χ3v) is 4.75. The number of carbonyl (C=O) groups excluding carboxylic acids is 1. The van der Waals surface area contributed by atoms with E-state index in [1.54, 1.807) is 6.07 Å². The van der Waals surface area contributed by atoms with Crippen molar-refractivity contribution >= 4 is 11.9 Å². The van der Waals surface area contributed by atoms with Gasteiger partial charge in [-0.2, -0.15) is 13.2 Å². The molecule has 1 aliphatic heterocycles. The number of carbonyl (C=O) groups is 2. The quantitative estimate of drug-likeness (QED) is 0.832. The Morgan fingerprint density at radius 2 is 1.79 bits per heavy atom. The number of phenols is 1. The molecule has 0 fully saturated rings. The van der Waals surface area contributed by atoms with Crippen molar-refractivity contribution in [1.82, 2.24) is 4.90 Å². The Balaban J connectivity index is 1.89. The molecule has 0 saturated carbocycles. The number of benzene rings is 2. The Labute approximate surface area is 159 Å². The molecule has 8 heteroatoms. The Hall–Kier alpha value is -3.03. The van der Waals surface area contributed by atoms with Crippen molar-refractivity contribution in [3.8, 4) is 5.75 Å². The molecule has 1 unspecified atom stereocenters. The predicted molar refractivity (Wildman–Crippen MR) is 93.3 cm³/mol. The number of nitrogens with zero attached hydrogens (tertiary/aromatic N) is 1. The first kappa shape index (κ1) is 19.7. The molecule has 0 saturated heterocycles. The third-order valence-electron chi connectivity index (χ3n) is 4.75. The van der Waals surface area contributed by atoms with Gasteiger partial charge in [-0.1, -0.05) is 18.2 Å². The van der Waals surface area contributed by atoms with E-state index in [4.69, 9.17) is 5.11 Å². The lowest BCUT2D eigenvalue weighted by Gasteiger charge is -2.24. The van der Waals surface area contributed by atoms with Crippen LogP contribution in [0.2, 0.25) is 0 Å². The summed E-state index contributed by atoms with van der Waals surface area (Å²) in [4.78, 5) is 25.5. The lowest BCUT2D eigenvalue weighted by molar-refractivity contribution is -0.144. The highest BCUT2D eigenvalue weighted by Gasteiger charge is 2.32. The number of fused-ring (bicyclic) bond motifs is 1. The Morgan fingerprint density at radius 3 is 2.39 bits per heavy atom. The number of hydrogen-bond donors (Lipinski definition) is 2. The minimum atomic E-state index is -4.44. The molecule has 1 atom stereocenters. The zero-order valence-electron chi connectivity index (χ0n) is 14.7. The number of phenolic OH excluding ortho intramolecular Hbond substituents is 1. The van der Waals surface area contributed by atoms with E-state index in [1.807, 2.05) is 0 Å². The van der Waals surface area contributed by atoms with Crippen LogP contribution in [0.15, 0.2) is 42.5 Å². The van der Waals surface area contributed by atoms with Gasteiger partial charge in [-0.25, -0.2) is 0 Å². The van der Waals surface area contributed by atoms with E-state index in [0.29, 0.717) is 11.1 Å². The summed E-state index contributed by atoms with van der Waals surface area (Å²) in [7, 11) is 0. The smallest absolute Gasteiger partial charge is 0.416 e. The minimum Gasteiger partial charge on any atom is -0.508 e. The largest absolute Gasteiger partial charge is 0.508 e. The van der Waals surface area contributed by atoms with Gasteiger partial charge in [0.15, 0.2) is 0 Å². The van der Waals surface area contributed by atoms with Crippen molar-refractivity contribution in [1.29, 1.82) is 0 Å². The molecule has 0 radical (unpaired) electrons. The van der Waals surface area contributed by atoms with Crippen molar-refractivity contribution in [2.75, 3.05) is 0 Å². The van der Waals surface area contributed by atoms with Gasteiger partial charge in [-0.3, -0.25) is 9.59 Å². The second-order valence-electron chi connectivity index (χ2n) is 6.84. The topological polar surface area (TPSA) is 77.8 Å². The highest BCUT2D eigenvalue weighted by molar-refractivity contribution is 5.84. The summed E-state index contributed by atoms with van der Waals surface area (Å²) in [5, 5.41) is 18.9. The zero-order valence-corrected chi connectivity index (χ0v) is 14.7. The lowest BCUT2D eigenvalue weighted by Crippen LogP contribution is -2.35. The normalized spacial score (nSPS) is 17.2. The average Bonchev–Trinajstić information content (AvgIpc) is 2.72. The van der Waals surface area contributed by atoms with E-state index in [-0.39, 0.29) is 37.6 Å². The standard InChI is InChI=1S/C20H18F3NO4/c21-20(22,23)16-4-1-12(2-5-16)10-24-11-15-8-17(25)6-3-13(15)7-14(19(24)28)9-18(26)27/h1-6,8,14,25H,7,9-11H2,(H,26,27). The van der Waals surface area contributed by atoms with Crippen LogP contribution in [0.5, 0.6) is 5.75 Å². The van der Waals surface area contributed by atoms with Gasteiger partial charge in [0.1, 0.15) is 5.75 Å². The zero-order chi connectivity index (χ0) is 20.5. The number of halogens is 3. The number of alkyl halides is 3. The molecular formula is C20H18F3NO4. The first-order chi connectivity index (χ1) is 13.1. The second kappa shape index (κ2) is 7.53. The number of rotatable bonds is 4. The summed E-state index contributed by atoms with van der Waals surface area (Å²) in [6, 6.07) is 9.16. The van der Waals surface area contributed by atoms with Crippen LogP contribution in [-0.2, 0) is 35.3 Å². The number of aromatic hydroxyl groups is 1. The van der Waals surface area contributed by atoms with Crippen molar-refractivity contribution in [3.63, 3.8) is 0 Å². The molecular weight excluding hydrogens is 375 g/mol. The van der Waals surface area contributed by atoms with Crippen LogP contribution >= 0.6 is 0 Å². The molecule has 1 aliphatic rings. The van der Waals surface area contributed by atoms with E-state index in [2.05, 4.69) is 0 Å². The highest BCUT2D eigenvalue weighted by atomic mass is 19.4. The van der Waals surface area contributed by atoms with Gasteiger partial charge in [0.2, 0.25) is 5.91 Å². The van der Waals surface area contributed by atoms with E-state index in [1.165, 1.54) is 29.2 Å². The van der Waals surface area contributed by atoms with Crippen LogP contribution in [0.1, 0.15) is 28.7 Å². The molecule has 5 nitrogen and oxygen atoms in total. The summed E-state index contributed by atoms with van der Waals surface area (Å²) in [6.07, 6.45) is -4.56. The average molecular weight is 393 g/mol. The summed E-state index contributed by atoms with van der Waals surface area (Å²) in [5.41, 5.74) is 1.18. The first-order valence-corrected chi connectivity index (χ1v) is 8.61. The van der Waals surface area contributed by atoms with Crippen LogP contribution < -0.4 is 0 Å². The van der Waals surface area contributed by atoms with Crippen LogP contribution in [0.3, 0.4) is 0 Å². The highest BCUT2D eigenvalue weighted by Crippen LogP contribution is 2.31. The van der Waals surface area contributed by atoms with Gasteiger partial charge in [-0.15, -0.1) is 0 Å². The lowest BCUT2D eigenvalue weighted by atomic mass is 9.94. The molecule has 0 spiro atoms. The van der Waals surface area contributed by atoms with Crippen LogP contribution in [0.4, 0.5) is 13.2 Å². The van der Waals surface area contributed by atoms with Gasteiger partial charge in [0.05, 0.1) is 17.9 Å². The summed E-state index contributed by atoms with van der Waals surface area (Å²) >= 11 is 0.